The molecule has 0 radical (unpaired) electrons. The van der Waals surface area contributed by atoms with Crippen LogP contribution in [0.1, 0.15) is 141 Å². The average Bonchev–Trinajstić information content (AvgIpc) is 3.66. The number of hydrogen-bond donors (Lipinski definition) is 0. The van der Waals surface area contributed by atoms with Gasteiger partial charge in [0.25, 0.3) is 0 Å². The van der Waals surface area contributed by atoms with E-state index >= 15 is 0 Å². The Kier molecular flexibility index (Phi) is 9.20. The summed E-state index contributed by atoms with van der Waals surface area (Å²) in [6, 6.07) is 9.81. The van der Waals surface area contributed by atoms with Crippen molar-refractivity contribution in [3.05, 3.63) is 93.6 Å². The van der Waals surface area contributed by atoms with E-state index in [9.17, 15) is 0 Å². The third-order valence-electron chi connectivity index (χ3n) is 10.0. The number of rotatable bonds is 1. The topological polar surface area (TPSA) is 0 Å². The van der Waals surface area contributed by atoms with Crippen molar-refractivity contribution >= 4 is 14.4 Å². The van der Waals surface area contributed by atoms with Crippen LogP contribution in [-0.2, 0) is 41.5 Å². The molecule has 0 saturated heterocycles. The Morgan fingerprint density at radius 3 is 1.95 bits per heavy atom. The molecule has 1 fully saturated rings. The van der Waals surface area contributed by atoms with Gasteiger partial charge in [-0.25, -0.2) is 11.6 Å². The van der Waals surface area contributed by atoms with Crippen LogP contribution in [0, 0.1) is 23.5 Å². The number of hydrogen-bond acceptors (Lipinski definition) is 0. The molecule has 0 amide bonds. The van der Waals surface area contributed by atoms with Gasteiger partial charge in [-0.2, -0.15) is 17.2 Å². The zero-order valence-electron chi connectivity index (χ0n) is 28.6. The second-order valence-electron chi connectivity index (χ2n) is 15.6. The predicted molar refractivity (Wildman–Crippen MR) is 184 cm³/mol. The molecule has 0 aromatic heterocycles. The summed E-state index contributed by atoms with van der Waals surface area (Å²) in [5.74, 6) is 0.573. The standard InChI is InChI=1S/C25H25.C11H17.C6H10.Zr/c1-14-12-24(3,4)22-8-16-7-17-9-23-19(15(2)13-25(23,5)6)11-21(17)20(16)10-18(14)22;1-5-9-6-7-10(8-9)11(2,3)4;1-2-4-6-5-3-1;/h8-12H,7H2,1-6H3;7-9H,5H2,1-4H3;1-5H2;/q2*-1;;+2. The molecule has 2 aromatic rings. The van der Waals surface area contributed by atoms with E-state index in [1.54, 1.807) is 27.4 Å². The summed E-state index contributed by atoms with van der Waals surface area (Å²) in [6.07, 6.45) is 23.5. The van der Waals surface area contributed by atoms with Crippen LogP contribution in [0.3, 0.4) is 0 Å². The molecule has 1 heteroatoms. The van der Waals surface area contributed by atoms with Gasteiger partial charge in [0.2, 0.25) is 0 Å². The van der Waals surface area contributed by atoms with Gasteiger partial charge >= 0.3 is 59.5 Å². The molecule has 1 atom stereocenters. The van der Waals surface area contributed by atoms with Gasteiger partial charge in [-0.3, -0.25) is 12.2 Å². The van der Waals surface area contributed by atoms with E-state index in [-0.39, 0.29) is 10.8 Å². The summed E-state index contributed by atoms with van der Waals surface area (Å²) in [7, 11) is 0. The van der Waals surface area contributed by atoms with Gasteiger partial charge in [-0.15, -0.1) is 11.6 Å². The normalized spacial score (nSPS) is 21.8. The van der Waals surface area contributed by atoms with Crippen molar-refractivity contribution in [2.45, 2.75) is 125 Å². The van der Waals surface area contributed by atoms with Crippen LogP contribution in [0.4, 0.5) is 0 Å². The van der Waals surface area contributed by atoms with Crippen LogP contribution >= 0.6 is 0 Å². The maximum absolute atomic E-state index is 3.65. The first-order valence-corrected chi connectivity index (χ1v) is 17.9. The predicted octanol–water partition coefficient (Wildman–Crippen LogP) is 11.5. The summed E-state index contributed by atoms with van der Waals surface area (Å²) >= 11 is 1.69. The molecule has 1 unspecified atom stereocenters. The fourth-order valence-electron chi connectivity index (χ4n) is 7.47. The molecule has 2 aromatic carbocycles. The summed E-state index contributed by atoms with van der Waals surface area (Å²) in [6.45, 7) is 22.6. The molecule has 43 heavy (non-hydrogen) atoms. The fourth-order valence-corrected chi connectivity index (χ4v) is 8.33. The van der Waals surface area contributed by atoms with E-state index in [1.807, 2.05) is 0 Å². The Morgan fingerprint density at radius 1 is 0.837 bits per heavy atom. The Bertz CT molecular complexity index is 1470. The summed E-state index contributed by atoms with van der Waals surface area (Å²) in [5, 5.41) is 0. The summed E-state index contributed by atoms with van der Waals surface area (Å²) in [5.41, 5.74) is 16.3. The minimum absolute atomic E-state index is 0.0340. The SMILES string of the molecule is CC1=[C-]C(C)(C)c2cc3c(cc21)-c1cc2c(cc1C3)C(C)(C)C=C2C.CCC1[C-]=CC(C(C)(C)C)=C1.[Zr+2]=[C]1CCCCC1. The van der Waals surface area contributed by atoms with Crippen molar-refractivity contribution in [1.82, 2.24) is 0 Å². The van der Waals surface area contributed by atoms with Gasteiger partial charge in [-0.05, 0) is 58.4 Å². The van der Waals surface area contributed by atoms with Crippen molar-refractivity contribution in [2.24, 2.45) is 11.3 Å². The van der Waals surface area contributed by atoms with Crippen molar-refractivity contribution in [3.8, 4) is 11.1 Å². The van der Waals surface area contributed by atoms with E-state index in [0.29, 0.717) is 11.3 Å². The first-order valence-electron chi connectivity index (χ1n) is 16.7. The zero-order valence-corrected chi connectivity index (χ0v) is 31.0. The monoisotopic (exact) mass is 646 g/mol. The number of allylic oxidation sites excluding steroid dienone is 8. The van der Waals surface area contributed by atoms with Gasteiger partial charge in [0.15, 0.2) is 0 Å². The first-order chi connectivity index (χ1) is 20.1. The average molecular weight is 648 g/mol. The van der Waals surface area contributed by atoms with Crippen LogP contribution in [-0.4, -0.2) is 3.21 Å². The van der Waals surface area contributed by atoms with Crippen molar-refractivity contribution in [2.75, 3.05) is 0 Å². The van der Waals surface area contributed by atoms with Crippen LogP contribution in [0.15, 0.2) is 48.1 Å². The molecule has 224 valence electrons. The quantitative estimate of drug-likeness (QED) is 0.231. The Hall–Kier alpha value is -1.85. The van der Waals surface area contributed by atoms with E-state index in [1.165, 1.54) is 99.8 Å². The molecular weight excluding hydrogens is 596 g/mol. The van der Waals surface area contributed by atoms with Gasteiger partial charge in [0.1, 0.15) is 0 Å². The van der Waals surface area contributed by atoms with Crippen LogP contribution in [0.25, 0.3) is 22.3 Å². The van der Waals surface area contributed by atoms with E-state index in [4.69, 9.17) is 0 Å². The van der Waals surface area contributed by atoms with Crippen LogP contribution in [0.2, 0.25) is 0 Å². The fraction of sp³-hybridized carbons (Fsp3) is 0.500. The van der Waals surface area contributed by atoms with Gasteiger partial charge in [0, 0.05) is 5.41 Å². The molecule has 0 heterocycles. The maximum atomic E-state index is 3.65. The Labute approximate surface area is 278 Å². The minimum atomic E-state index is 0.0340. The Balaban J connectivity index is 0.000000168. The summed E-state index contributed by atoms with van der Waals surface area (Å²) < 4.78 is 1.80. The van der Waals surface area contributed by atoms with Gasteiger partial charge in [0.05, 0.1) is 0 Å². The number of benzene rings is 2. The third kappa shape index (κ3) is 6.74. The van der Waals surface area contributed by atoms with E-state index < -0.39 is 0 Å². The Morgan fingerprint density at radius 2 is 1.44 bits per heavy atom. The molecule has 5 aliphatic rings. The van der Waals surface area contributed by atoms with Crippen LogP contribution in [0.5, 0.6) is 0 Å². The molecule has 7 rings (SSSR count). The first kappa shape index (κ1) is 32.5. The van der Waals surface area contributed by atoms with Crippen molar-refractivity contribution in [1.29, 1.82) is 0 Å². The molecule has 0 nitrogen and oxygen atoms in total. The van der Waals surface area contributed by atoms with Crippen molar-refractivity contribution < 1.29 is 24.2 Å². The van der Waals surface area contributed by atoms with E-state index in [0.717, 1.165) is 6.42 Å². The van der Waals surface area contributed by atoms with E-state index in [2.05, 4.69) is 124 Å². The summed E-state index contributed by atoms with van der Waals surface area (Å²) in [4.78, 5) is 0. The molecule has 0 bridgehead atoms. The number of fused-ring (bicyclic) bond motifs is 5. The second kappa shape index (κ2) is 12.2. The zero-order chi connectivity index (χ0) is 31.3. The van der Waals surface area contributed by atoms with Gasteiger partial charge < -0.3 is 0 Å². The molecular formula is C42H52Zr. The van der Waals surface area contributed by atoms with Gasteiger partial charge in [-0.1, -0.05) is 104 Å². The molecule has 1 saturated carbocycles. The molecule has 0 N–H and O–H groups in total. The second-order valence-corrected chi connectivity index (χ2v) is 17.3. The molecule has 0 aliphatic heterocycles. The van der Waals surface area contributed by atoms with Crippen molar-refractivity contribution in [3.63, 3.8) is 0 Å². The molecule has 5 aliphatic carbocycles. The molecule has 0 spiro atoms. The third-order valence-corrected chi connectivity index (χ3v) is 11.3. The van der Waals surface area contributed by atoms with Crippen LogP contribution < -0.4 is 0 Å².